The molecule has 0 bridgehead atoms. The quantitative estimate of drug-likeness (QED) is 0.170. The second kappa shape index (κ2) is 13.5. The van der Waals surface area contributed by atoms with E-state index in [9.17, 15) is 4.79 Å². The number of hydrogen-bond acceptors (Lipinski definition) is 5. The normalized spacial score (nSPS) is 11.8. The van der Waals surface area contributed by atoms with E-state index in [4.69, 9.17) is 0 Å². The highest BCUT2D eigenvalue weighted by Crippen LogP contribution is 2.29. The van der Waals surface area contributed by atoms with Gasteiger partial charge in [-0.2, -0.15) is 0 Å². The molecule has 5 aromatic rings. The van der Waals surface area contributed by atoms with Gasteiger partial charge in [0.25, 0.3) is 0 Å². The fourth-order valence-corrected chi connectivity index (χ4v) is 6.08. The Kier molecular flexibility index (Phi) is 9.37. The molecule has 1 unspecified atom stereocenters. The molecule has 0 saturated heterocycles. The number of nitrogens with one attached hydrogen (secondary N) is 1. The molecule has 0 spiro atoms. The Morgan fingerprint density at radius 2 is 1.48 bits per heavy atom. The van der Waals surface area contributed by atoms with Crippen LogP contribution in [0.1, 0.15) is 34.1 Å². The number of hydrogen-bond donors (Lipinski definition) is 1. The lowest BCUT2D eigenvalue weighted by Gasteiger charge is -2.20. The largest absolute Gasteiger partial charge is 0.345 e. The molecule has 7 heteroatoms. The lowest BCUT2D eigenvalue weighted by Crippen LogP contribution is -2.33. The van der Waals surface area contributed by atoms with Crippen molar-refractivity contribution in [3.05, 3.63) is 137 Å². The summed E-state index contributed by atoms with van der Waals surface area (Å²) in [7, 11) is 0. The fraction of sp³-hybridized carbons (Fsp3) is 0.182. The highest BCUT2D eigenvalue weighted by atomic mass is 32.2. The van der Waals surface area contributed by atoms with Gasteiger partial charge in [-0.1, -0.05) is 108 Å². The first-order chi connectivity index (χ1) is 19.5. The first kappa shape index (κ1) is 27.7. The van der Waals surface area contributed by atoms with E-state index in [1.54, 1.807) is 11.8 Å². The average molecular weight is 565 g/mol. The third-order valence-corrected chi connectivity index (χ3v) is 8.46. The van der Waals surface area contributed by atoms with Crippen LogP contribution in [0.5, 0.6) is 0 Å². The smallest absolute Gasteiger partial charge is 0.230 e. The monoisotopic (exact) mass is 564 g/mol. The summed E-state index contributed by atoms with van der Waals surface area (Å²) in [4.78, 5) is 14.3. The van der Waals surface area contributed by atoms with Crippen LogP contribution < -0.4 is 5.32 Å². The number of amides is 1. The number of carbonyl (C=O) groups is 1. The minimum absolute atomic E-state index is 0.0396. The van der Waals surface area contributed by atoms with Crippen molar-refractivity contribution < 1.29 is 4.79 Å². The average Bonchev–Trinajstić information content (AvgIpc) is 3.40. The minimum Gasteiger partial charge on any atom is -0.345 e. The van der Waals surface area contributed by atoms with Gasteiger partial charge in [-0.05, 0) is 55.7 Å². The first-order valence-electron chi connectivity index (χ1n) is 13.3. The Hall–Kier alpha value is -3.81. The fourth-order valence-electron chi connectivity index (χ4n) is 4.44. The molecule has 0 aliphatic carbocycles. The number of aryl methyl sites for hydroxylation is 2. The third-order valence-electron chi connectivity index (χ3n) is 6.44. The van der Waals surface area contributed by atoms with Gasteiger partial charge in [0.2, 0.25) is 5.91 Å². The zero-order valence-corrected chi connectivity index (χ0v) is 24.3. The summed E-state index contributed by atoms with van der Waals surface area (Å²) in [6.45, 7) is 4.18. The van der Waals surface area contributed by atoms with E-state index >= 15 is 0 Å². The van der Waals surface area contributed by atoms with E-state index in [1.807, 2.05) is 48.5 Å². The van der Waals surface area contributed by atoms with Crippen LogP contribution in [0.3, 0.4) is 0 Å². The summed E-state index contributed by atoms with van der Waals surface area (Å²) < 4.78 is 2.10. The van der Waals surface area contributed by atoms with Gasteiger partial charge in [0.05, 0.1) is 11.8 Å². The van der Waals surface area contributed by atoms with Crippen molar-refractivity contribution in [3.63, 3.8) is 0 Å². The predicted octanol–water partition coefficient (Wildman–Crippen LogP) is 7.37. The summed E-state index contributed by atoms with van der Waals surface area (Å²) in [6.07, 6.45) is 0.606. The maximum Gasteiger partial charge on any atom is 0.230 e. The van der Waals surface area contributed by atoms with E-state index in [0.717, 1.165) is 32.9 Å². The molecule has 1 atom stereocenters. The van der Waals surface area contributed by atoms with E-state index in [1.165, 1.54) is 28.5 Å². The van der Waals surface area contributed by atoms with Crippen LogP contribution in [0.25, 0.3) is 5.69 Å². The Bertz CT molecular complexity index is 1540. The first-order valence-corrected chi connectivity index (χ1v) is 15.2. The van der Waals surface area contributed by atoms with E-state index in [2.05, 4.69) is 94.6 Å². The molecule has 0 aliphatic heterocycles. The van der Waals surface area contributed by atoms with Crippen molar-refractivity contribution in [2.24, 2.45) is 0 Å². The maximum atomic E-state index is 13.2. The molecular weight excluding hydrogens is 533 g/mol. The zero-order valence-electron chi connectivity index (χ0n) is 22.7. The van der Waals surface area contributed by atoms with Crippen molar-refractivity contribution in [2.75, 3.05) is 5.75 Å². The topological polar surface area (TPSA) is 59.8 Å². The standard InChI is InChI=1S/C33H32N4OS2/c1-24-16-18-28(19-17-24)37-32(35-36-33(37)40-22-27-13-9-10-25(2)20-27)30(21-26-11-5-3-6-12-26)34-31(38)23-39-29-14-7-4-8-15-29/h3-20,30H,21-23H2,1-2H3,(H,34,38). The van der Waals surface area contributed by atoms with E-state index < -0.39 is 0 Å². The van der Waals surface area contributed by atoms with E-state index in [-0.39, 0.29) is 11.9 Å². The number of aromatic nitrogens is 3. The van der Waals surface area contributed by atoms with Gasteiger partial charge >= 0.3 is 0 Å². The minimum atomic E-state index is -0.353. The molecule has 1 heterocycles. The number of carbonyl (C=O) groups excluding carboxylic acids is 1. The molecule has 1 amide bonds. The number of nitrogens with zero attached hydrogens (tertiary/aromatic N) is 3. The second-order valence-electron chi connectivity index (χ2n) is 9.70. The molecule has 40 heavy (non-hydrogen) atoms. The second-order valence-corrected chi connectivity index (χ2v) is 11.7. The lowest BCUT2D eigenvalue weighted by molar-refractivity contribution is -0.119. The van der Waals surface area contributed by atoms with Gasteiger partial charge in [-0.3, -0.25) is 9.36 Å². The Balaban J connectivity index is 1.46. The summed E-state index contributed by atoms with van der Waals surface area (Å²) in [5, 5.41) is 13.4. The summed E-state index contributed by atoms with van der Waals surface area (Å²) in [6, 6.07) is 36.7. The third kappa shape index (κ3) is 7.43. The summed E-state index contributed by atoms with van der Waals surface area (Å²) in [5.41, 5.74) is 5.74. The van der Waals surface area contributed by atoms with Crippen LogP contribution in [-0.4, -0.2) is 26.4 Å². The van der Waals surface area contributed by atoms with Gasteiger partial charge in [0, 0.05) is 16.3 Å². The molecular formula is C33H32N4OS2. The molecule has 5 rings (SSSR count). The zero-order chi connectivity index (χ0) is 27.7. The van der Waals surface area contributed by atoms with Crippen molar-refractivity contribution >= 4 is 29.4 Å². The van der Waals surface area contributed by atoms with Gasteiger partial charge in [-0.25, -0.2) is 0 Å². The van der Waals surface area contributed by atoms with Gasteiger partial charge in [0.15, 0.2) is 11.0 Å². The van der Waals surface area contributed by atoms with Crippen LogP contribution in [0.15, 0.2) is 119 Å². The lowest BCUT2D eigenvalue weighted by atomic mass is 10.0. The molecule has 0 saturated carbocycles. The van der Waals surface area contributed by atoms with Crippen LogP contribution >= 0.6 is 23.5 Å². The van der Waals surface area contributed by atoms with Gasteiger partial charge < -0.3 is 5.32 Å². The molecule has 0 radical (unpaired) electrons. The molecule has 1 N–H and O–H groups in total. The Labute approximate surface area is 244 Å². The van der Waals surface area contributed by atoms with Crippen LogP contribution in [0.2, 0.25) is 0 Å². The van der Waals surface area contributed by atoms with Gasteiger partial charge in [0.1, 0.15) is 0 Å². The highest BCUT2D eigenvalue weighted by Gasteiger charge is 2.25. The van der Waals surface area contributed by atoms with Crippen molar-refractivity contribution in [2.45, 2.75) is 42.1 Å². The van der Waals surface area contributed by atoms with Crippen LogP contribution in [0, 0.1) is 13.8 Å². The molecule has 0 fully saturated rings. The SMILES string of the molecule is Cc1ccc(-n2c(SCc3cccc(C)c3)nnc2C(Cc2ccccc2)NC(=O)CSc2ccccc2)cc1. The maximum absolute atomic E-state index is 13.2. The van der Waals surface area contributed by atoms with Crippen molar-refractivity contribution in [3.8, 4) is 5.69 Å². The molecule has 0 aliphatic rings. The molecule has 1 aromatic heterocycles. The van der Waals surface area contributed by atoms with Gasteiger partial charge in [-0.15, -0.1) is 22.0 Å². The Morgan fingerprint density at radius 3 is 2.20 bits per heavy atom. The predicted molar refractivity (Wildman–Crippen MR) is 165 cm³/mol. The van der Waals surface area contributed by atoms with Crippen LogP contribution in [0.4, 0.5) is 0 Å². The number of benzene rings is 4. The van der Waals surface area contributed by atoms with Crippen molar-refractivity contribution in [1.82, 2.24) is 20.1 Å². The number of thioether (sulfide) groups is 2. The molecule has 5 nitrogen and oxygen atoms in total. The summed E-state index contributed by atoms with van der Waals surface area (Å²) in [5.74, 6) is 1.78. The highest BCUT2D eigenvalue weighted by molar-refractivity contribution is 8.00. The Morgan fingerprint density at radius 1 is 0.775 bits per heavy atom. The van der Waals surface area contributed by atoms with E-state index in [0.29, 0.717) is 12.2 Å². The molecule has 4 aromatic carbocycles. The summed E-state index contributed by atoms with van der Waals surface area (Å²) >= 11 is 3.18. The number of rotatable bonds is 11. The van der Waals surface area contributed by atoms with Crippen LogP contribution in [-0.2, 0) is 17.0 Å². The van der Waals surface area contributed by atoms with Crippen molar-refractivity contribution in [1.29, 1.82) is 0 Å². The molecule has 202 valence electrons.